The monoisotopic (exact) mass is 138 g/mol. The Bertz CT molecular complexity index is 263. The largest absolute Gasteiger partial charge is 0.296 e. The lowest BCUT2D eigenvalue weighted by atomic mass is 10.2. The van der Waals surface area contributed by atoms with Gasteiger partial charge < -0.3 is 0 Å². The lowest BCUT2D eigenvalue weighted by molar-refractivity contribution is 0.111. The molecule has 0 fully saturated rings. The predicted molar refractivity (Wildman–Crippen MR) is 38.1 cm³/mol. The van der Waals surface area contributed by atoms with Gasteiger partial charge >= 0.3 is 0 Å². The summed E-state index contributed by atoms with van der Waals surface area (Å²) in [7, 11) is 1.77. The lowest BCUT2D eigenvalue weighted by Crippen LogP contribution is -1.96. The molecule has 0 aromatic carbocycles. The average Bonchev–Trinajstić information content (AvgIpc) is 2.09. The van der Waals surface area contributed by atoms with E-state index in [4.69, 9.17) is 0 Å². The zero-order chi connectivity index (χ0) is 7.72. The molecule has 3 nitrogen and oxygen atoms in total. The molecule has 1 aromatic heterocycles. The maximum Gasteiger partial charge on any atom is 0.168 e. The van der Waals surface area contributed by atoms with Crippen LogP contribution in [0.4, 0.5) is 0 Å². The minimum atomic E-state index is 0.664. The molecule has 0 spiro atoms. The number of nitrogens with zero attached hydrogens (tertiary/aromatic N) is 2. The Hall–Kier alpha value is -1.12. The third-order valence-corrected chi connectivity index (χ3v) is 1.69. The molecule has 0 saturated heterocycles. The Morgan fingerprint density at radius 1 is 1.50 bits per heavy atom. The Labute approximate surface area is 59.7 Å². The molecule has 0 saturated carbocycles. The van der Waals surface area contributed by atoms with Crippen LogP contribution in [0.2, 0.25) is 0 Å². The summed E-state index contributed by atoms with van der Waals surface area (Å²) in [5.41, 5.74) is 2.56. The van der Waals surface area contributed by atoms with Crippen molar-refractivity contribution >= 4 is 6.29 Å². The molecule has 0 aliphatic heterocycles. The van der Waals surface area contributed by atoms with Crippen molar-refractivity contribution in [1.29, 1.82) is 0 Å². The van der Waals surface area contributed by atoms with E-state index in [-0.39, 0.29) is 0 Å². The summed E-state index contributed by atoms with van der Waals surface area (Å²) in [4.78, 5) is 10.4. The summed E-state index contributed by atoms with van der Waals surface area (Å²) in [6, 6.07) is 0. The summed E-state index contributed by atoms with van der Waals surface area (Å²) in [5, 5.41) is 4.07. The molecule has 0 amide bonds. The SMILES string of the molecule is Cc1nn(C)c(C=O)c1C. The zero-order valence-corrected chi connectivity index (χ0v) is 6.38. The fourth-order valence-electron chi connectivity index (χ4n) is 0.947. The Morgan fingerprint density at radius 2 is 2.10 bits per heavy atom. The van der Waals surface area contributed by atoms with Crippen LogP contribution in [0.3, 0.4) is 0 Å². The van der Waals surface area contributed by atoms with E-state index in [0.717, 1.165) is 17.5 Å². The van der Waals surface area contributed by atoms with Crippen LogP contribution >= 0.6 is 0 Å². The molecular weight excluding hydrogens is 128 g/mol. The molecule has 1 aromatic rings. The van der Waals surface area contributed by atoms with Crippen LogP contribution in [0, 0.1) is 13.8 Å². The number of hydrogen-bond donors (Lipinski definition) is 0. The molecular formula is C7H10N2O. The summed E-state index contributed by atoms with van der Waals surface area (Å²) >= 11 is 0. The molecule has 0 bridgehead atoms. The van der Waals surface area contributed by atoms with E-state index >= 15 is 0 Å². The van der Waals surface area contributed by atoms with E-state index in [1.165, 1.54) is 0 Å². The molecule has 0 N–H and O–H groups in total. The second-order valence-corrected chi connectivity index (χ2v) is 2.34. The van der Waals surface area contributed by atoms with Gasteiger partial charge in [0.1, 0.15) is 5.69 Å². The lowest BCUT2D eigenvalue weighted by Gasteiger charge is -1.89. The minimum Gasteiger partial charge on any atom is -0.296 e. The second-order valence-electron chi connectivity index (χ2n) is 2.34. The molecule has 3 heteroatoms. The second kappa shape index (κ2) is 2.25. The maximum absolute atomic E-state index is 10.4. The third kappa shape index (κ3) is 0.835. The van der Waals surface area contributed by atoms with Crippen molar-refractivity contribution in [1.82, 2.24) is 9.78 Å². The summed E-state index contributed by atoms with van der Waals surface area (Å²) in [6.07, 6.45) is 0.829. The molecule has 1 rings (SSSR count). The topological polar surface area (TPSA) is 34.9 Å². The van der Waals surface area contributed by atoms with Gasteiger partial charge in [0, 0.05) is 12.6 Å². The van der Waals surface area contributed by atoms with Crippen molar-refractivity contribution in [2.45, 2.75) is 13.8 Å². The number of aromatic nitrogens is 2. The highest BCUT2D eigenvalue weighted by Gasteiger charge is 2.05. The van der Waals surface area contributed by atoms with Crippen LogP contribution in [-0.4, -0.2) is 16.1 Å². The first kappa shape index (κ1) is 6.99. The van der Waals surface area contributed by atoms with Crippen LogP contribution in [-0.2, 0) is 7.05 Å². The van der Waals surface area contributed by atoms with Crippen molar-refractivity contribution in [3.63, 3.8) is 0 Å². The number of aldehydes is 1. The van der Waals surface area contributed by atoms with Crippen LogP contribution in [0.15, 0.2) is 0 Å². The number of rotatable bonds is 1. The smallest absolute Gasteiger partial charge is 0.168 e. The summed E-state index contributed by atoms with van der Waals surface area (Å²) in [5.74, 6) is 0. The Kier molecular flexibility index (Phi) is 1.57. The van der Waals surface area contributed by atoms with Gasteiger partial charge in [0.2, 0.25) is 0 Å². The highest BCUT2D eigenvalue weighted by atomic mass is 16.1. The first-order chi connectivity index (χ1) is 4.66. The van der Waals surface area contributed by atoms with Gasteiger partial charge in [0.25, 0.3) is 0 Å². The van der Waals surface area contributed by atoms with E-state index in [1.807, 2.05) is 13.8 Å². The number of aryl methyl sites for hydroxylation is 2. The van der Waals surface area contributed by atoms with Crippen LogP contribution in [0.5, 0.6) is 0 Å². The number of carbonyl (C=O) groups excluding carboxylic acids is 1. The normalized spacial score (nSPS) is 9.90. The molecule has 0 radical (unpaired) electrons. The molecule has 0 atom stereocenters. The van der Waals surface area contributed by atoms with Crippen LogP contribution < -0.4 is 0 Å². The average molecular weight is 138 g/mol. The Balaban J connectivity index is 3.33. The van der Waals surface area contributed by atoms with Crippen LogP contribution in [0.1, 0.15) is 21.7 Å². The summed E-state index contributed by atoms with van der Waals surface area (Å²) in [6.45, 7) is 3.79. The number of carbonyl (C=O) groups is 1. The van der Waals surface area contributed by atoms with Gasteiger partial charge in [-0.25, -0.2) is 0 Å². The highest BCUT2D eigenvalue weighted by Crippen LogP contribution is 2.07. The third-order valence-electron chi connectivity index (χ3n) is 1.69. The van der Waals surface area contributed by atoms with Gasteiger partial charge in [-0.1, -0.05) is 0 Å². The highest BCUT2D eigenvalue weighted by molar-refractivity contribution is 5.74. The molecule has 1 heterocycles. The van der Waals surface area contributed by atoms with Crippen molar-refractivity contribution in [2.24, 2.45) is 7.05 Å². The quantitative estimate of drug-likeness (QED) is 0.539. The van der Waals surface area contributed by atoms with Gasteiger partial charge in [0.05, 0.1) is 5.69 Å². The minimum absolute atomic E-state index is 0.664. The van der Waals surface area contributed by atoms with Gasteiger partial charge in [-0.05, 0) is 13.8 Å². The Morgan fingerprint density at radius 3 is 2.30 bits per heavy atom. The van der Waals surface area contributed by atoms with Crippen molar-refractivity contribution in [3.05, 3.63) is 17.0 Å². The van der Waals surface area contributed by atoms with E-state index in [2.05, 4.69) is 5.10 Å². The standard InChI is InChI=1S/C7H10N2O/c1-5-6(2)8-9(3)7(5)4-10/h4H,1-3H3. The first-order valence-electron chi connectivity index (χ1n) is 3.12. The zero-order valence-electron chi connectivity index (χ0n) is 6.38. The van der Waals surface area contributed by atoms with E-state index < -0.39 is 0 Å². The summed E-state index contributed by atoms with van der Waals surface area (Å²) < 4.78 is 1.59. The maximum atomic E-state index is 10.4. The van der Waals surface area contributed by atoms with Crippen molar-refractivity contribution in [2.75, 3.05) is 0 Å². The predicted octanol–water partition coefficient (Wildman–Crippen LogP) is 0.849. The molecule has 0 aliphatic rings. The first-order valence-corrected chi connectivity index (χ1v) is 3.12. The van der Waals surface area contributed by atoms with Gasteiger partial charge in [-0.15, -0.1) is 0 Å². The van der Waals surface area contributed by atoms with E-state index in [9.17, 15) is 4.79 Å². The van der Waals surface area contributed by atoms with Gasteiger partial charge in [-0.3, -0.25) is 9.48 Å². The van der Waals surface area contributed by atoms with Gasteiger partial charge in [-0.2, -0.15) is 5.10 Å². The molecule has 0 unspecified atom stereocenters. The van der Waals surface area contributed by atoms with E-state index in [1.54, 1.807) is 11.7 Å². The molecule has 54 valence electrons. The van der Waals surface area contributed by atoms with Gasteiger partial charge in [0.15, 0.2) is 6.29 Å². The van der Waals surface area contributed by atoms with Crippen LogP contribution in [0.25, 0.3) is 0 Å². The molecule has 10 heavy (non-hydrogen) atoms. The number of hydrogen-bond acceptors (Lipinski definition) is 2. The fourth-order valence-corrected chi connectivity index (χ4v) is 0.947. The molecule has 0 aliphatic carbocycles. The fraction of sp³-hybridized carbons (Fsp3) is 0.429. The van der Waals surface area contributed by atoms with Crippen molar-refractivity contribution in [3.8, 4) is 0 Å². The van der Waals surface area contributed by atoms with Crippen molar-refractivity contribution < 1.29 is 4.79 Å². The van der Waals surface area contributed by atoms with E-state index in [0.29, 0.717) is 5.69 Å².